The fourth-order valence-electron chi connectivity index (χ4n) is 1.77. The minimum absolute atomic E-state index is 0.0471. The highest BCUT2D eigenvalue weighted by atomic mass is 16.5. The molecule has 1 saturated heterocycles. The van der Waals surface area contributed by atoms with Gasteiger partial charge in [0.25, 0.3) is 0 Å². The zero-order valence-corrected chi connectivity index (χ0v) is 9.28. The van der Waals surface area contributed by atoms with Crippen LogP contribution in [-0.2, 0) is 9.53 Å². The topological polar surface area (TPSA) is 58.6 Å². The first kappa shape index (κ1) is 11.8. The van der Waals surface area contributed by atoms with Gasteiger partial charge in [-0.25, -0.2) is 4.79 Å². The molecule has 5 nitrogen and oxygen atoms in total. The van der Waals surface area contributed by atoms with E-state index in [1.54, 1.807) is 4.90 Å². The lowest BCUT2D eigenvalue weighted by molar-refractivity contribution is -0.126. The van der Waals surface area contributed by atoms with E-state index in [9.17, 15) is 9.59 Å². The SMILES string of the molecule is CCNC(=O)C1CCN(C(=O)OC)CC1. The Balaban J connectivity index is 2.35. The van der Waals surface area contributed by atoms with Crippen molar-refractivity contribution < 1.29 is 14.3 Å². The number of nitrogens with one attached hydrogen (secondary N) is 1. The van der Waals surface area contributed by atoms with Crippen LogP contribution in [0.1, 0.15) is 19.8 Å². The summed E-state index contributed by atoms with van der Waals surface area (Å²) in [6.07, 6.45) is 1.14. The first-order valence-electron chi connectivity index (χ1n) is 5.29. The third-order valence-electron chi connectivity index (χ3n) is 2.65. The number of carbonyl (C=O) groups excluding carboxylic acids is 2. The number of amides is 2. The standard InChI is InChI=1S/C10H18N2O3/c1-3-11-9(13)8-4-6-12(7-5-8)10(14)15-2/h8H,3-7H2,1-2H3,(H,11,13). The van der Waals surface area contributed by atoms with Gasteiger partial charge in [0.2, 0.25) is 5.91 Å². The van der Waals surface area contributed by atoms with Crippen LogP contribution in [-0.4, -0.2) is 43.6 Å². The van der Waals surface area contributed by atoms with E-state index in [1.807, 2.05) is 6.92 Å². The van der Waals surface area contributed by atoms with E-state index in [-0.39, 0.29) is 17.9 Å². The molecular formula is C10H18N2O3. The van der Waals surface area contributed by atoms with Crippen molar-refractivity contribution in [2.75, 3.05) is 26.7 Å². The molecule has 2 amide bonds. The molecule has 86 valence electrons. The largest absolute Gasteiger partial charge is 0.453 e. The molecule has 1 aliphatic heterocycles. The van der Waals surface area contributed by atoms with E-state index < -0.39 is 0 Å². The summed E-state index contributed by atoms with van der Waals surface area (Å²) in [5.74, 6) is 0.146. The summed E-state index contributed by atoms with van der Waals surface area (Å²) < 4.78 is 4.62. The highest BCUT2D eigenvalue weighted by Crippen LogP contribution is 2.17. The Labute approximate surface area is 89.8 Å². The molecule has 0 aliphatic carbocycles. The van der Waals surface area contributed by atoms with Gasteiger partial charge in [-0.15, -0.1) is 0 Å². The predicted octanol–water partition coefficient (Wildman–Crippen LogP) is 0.601. The molecule has 1 fully saturated rings. The van der Waals surface area contributed by atoms with Gasteiger partial charge in [0.05, 0.1) is 7.11 Å². The van der Waals surface area contributed by atoms with Crippen molar-refractivity contribution in [3.05, 3.63) is 0 Å². The summed E-state index contributed by atoms with van der Waals surface area (Å²) in [5.41, 5.74) is 0. The molecule has 15 heavy (non-hydrogen) atoms. The second kappa shape index (κ2) is 5.58. The number of hydrogen-bond acceptors (Lipinski definition) is 3. The van der Waals surface area contributed by atoms with Crippen LogP contribution in [0.4, 0.5) is 4.79 Å². The maximum atomic E-state index is 11.5. The van der Waals surface area contributed by atoms with Gasteiger partial charge in [0.15, 0.2) is 0 Å². The molecule has 0 unspecified atom stereocenters. The average molecular weight is 214 g/mol. The number of hydrogen-bond donors (Lipinski definition) is 1. The Morgan fingerprint density at radius 1 is 1.40 bits per heavy atom. The second-order valence-corrected chi connectivity index (χ2v) is 3.63. The Morgan fingerprint density at radius 3 is 2.47 bits per heavy atom. The van der Waals surface area contributed by atoms with Crippen LogP contribution in [0.2, 0.25) is 0 Å². The van der Waals surface area contributed by atoms with E-state index in [0.29, 0.717) is 19.6 Å². The lowest BCUT2D eigenvalue weighted by Gasteiger charge is -2.30. The first-order valence-corrected chi connectivity index (χ1v) is 5.29. The Kier molecular flexibility index (Phi) is 4.39. The maximum Gasteiger partial charge on any atom is 0.409 e. The van der Waals surface area contributed by atoms with Crippen LogP contribution in [0.25, 0.3) is 0 Å². The summed E-state index contributed by atoms with van der Waals surface area (Å²) in [6.45, 7) is 3.78. The van der Waals surface area contributed by atoms with E-state index >= 15 is 0 Å². The van der Waals surface area contributed by atoms with Crippen LogP contribution in [0.3, 0.4) is 0 Å². The van der Waals surface area contributed by atoms with Gasteiger partial charge in [-0.1, -0.05) is 0 Å². The molecule has 1 rings (SSSR count). The van der Waals surface area contributed by atoms with Crippen LogP contribution < -0.4 is 5.32 Å². The smallest absolute Gasteiger partial charge is 0.409 e. The van der Waals surface area contributed by atoms with Crippen molar-refractivity contribution in [3.63, 3.8) is 0 Å². The van der Waals surface area contributed by atoms with Crippen molar-refractivity contribution in [3.8, 4) is 0 Å². The second-order valence-electron chi connectivity index (χ2n) is 3.63. The molecule has 0 aromatic rings. The molecule has 0 atom stereocenters. The molecule has 0 aromatic heterocycles. The van der Waals surface area contributed by atoms with Crippen molar-refractivity contribution in [1.82, 2.24) is 10.2 Å². The van der Waals surface area contributed by atoms with Crippen molar-refractivity contribution in [2.24, 2.45) is 5.92 Å². The Hall–Kier alpha value is -1.26. The summed E-state index contributed by atoms with van der Waals surface area (Å²) >= 11 is 0. The number of rotatable bonds is 2. The summed E-state index contributed by atoms with van der Waals surface area (Å²) in [6, 6.07) is 0. The zero-order valence-electron chi connectivity index (χ0n) is 9.28. The molecule has 0 spiro atoms. The molecule has 0 radical (unpaired) electrons. The molecular weight excluding hydrogens is 196 g/mol. The van der Waals surface area contributed by atoms with Gasteiger partial charge in [-0.2, -0.15) is 0 Å². The minimum atomic E-state index is -0.302. The van der Waals surface area contributed by atoms with Crippen molar-refractivity contribution >= 4 is 12.0 Å². The van der Waals surface area contributed by atoms with Gasteiger partial charge in [0, 0.05) is 25.6 Å². The van der Waals surface area contributed by atoms with Gasteiger partial charge in [-0.3, -0.25) is 4.79 Å². The molecule has 0 bridgehead atoms. The quantitative estimate of drug-likeness (QED) is 0.732. The van der Waals surface area contributed by atoms with Crippen LogP contribution in [0, 0.1) is 5.92 Å². The van der Waals surface area contributed by atoms with Gasteiger partial charge in [0.1, 0.15) is 0 Å². The predicted molar refractivity (Wildman–Crippen MR) is 55.4 cm³/mol. The first-order chi connectivity index (χ1) is 7.19. The molecule has 1 aliphatic rings. The molecule has 0 saturated carbocycles. The van der Waals surface area contributed by atoms with Gasteiger partial charge < -0.3 is 15.0 Å². The highest BCUT2D eigenvalue weighted by Gasteiger charge is 2.27. The monoisotopic (exact) mass is 214 g/mol. The fraction of sp³-hybridized carbons (Fsp3) is 0.800. The highest BCUT2D eigenvalue weighted by molar-refractivity contribution is 5.79. The fourth-order valence-corrected chi connectivity index (χ4v) is 1.77. The molecule has 1 heterocycles. The van der Waals surface area contributed by atoms with Gasteiger partial charge >= 0.3 is 6.09 Å². The van der Waals surface area contributed by atoms with Crippen LogP contribution in [0.15, 0.2) is 0 Å². The molecule has 5 heteroatoms. The van der Waals surface area contributed by atoms with E-state index in [4.69, 9.17) is 0 Å². The Bertz CT molecular complexity index is 235. The summed E-state index contributed by atoms with van der Waals surface area (Å²) in [4.78, 5) is 24.3. The number of ether oxygens (including phenoxy) is 1. The number of piperidine rings is 1. The average Bonchev–Trinajstić information content (AvgIpc) is 2.28. The van der Waals surface area contributed by atoms with E-state index in [1.165, 1.54) is 7.11 Å². The van der Waals surface area contributed by atoms with E-state index in [2.05, 4.69) is 10.1 Å². The van der Waals surface area contributed by atoms with Crippen LogP contribution >= 0.6 is 0 Å². The number of likely N-dealkylation sites (tertiary alicyclic amines) is 1. The normalized spacial score (nSPS) is 17.3. The third kappa shape index (κ3) is 3.11. The van der Waals surface area contributed by atoms with Crippen molar-refractivity contribution in [2.45, 2.75) is 19.8 Å². The maximum absolute atomic E-state index is 11.5. The zero-order chi connectivity index (χ0) is 11.3. The summed E-state index contributed by atoms with van der Waals surface area (Å²) in [7, 11) is 1.37. The van der Waals surface area contributed by atoms with E-state index in [0.717, 1.165) is 12.8 Å². The lowest BCUT2D eigenvalue weighted by Crippen LogP contribution is -2.42. The molecule has 0 aromatic carbocycles. The van der Waals surface area contributed by atoms with Crippen molar-refractivity contribution in [1.29, 1.82) is 0 Å². The third-order valence-corrected chi connectivity index (χ3v) is 2.65. The minimum Gasteiger partial charge on any atom is -0.453 e. The number of methoxy groups -OCH3 is 1. The van der Waals surface area contributed by atoms with Gasteiger partial charge in [-0.05, 0) is 19.8 Å². The summed E-state index contributed by atoms with van der Waals surface area (Å²) in [5, 5.41) is 2.80. The number of nitrogens with zero attached hydrogens (tertiary/aromatic N) is 1. The molecule has 1 N–H and O–H groups in total. The van der Waals surface area contributed by atoms with Crippen LogP contribution in [0.5, 0.6) is 0 Å². The Morgan fingerprint density at radius 2 is 2.00 bits per heavy atom. The lowest BCUT2D eigenvalue weighted by atomic mass is 9.96. The number of carbonyl (C=O) groups is 2.